The average molecular weight is 163 g/mol. The number of ether oxygens (including phenoxy) is 1. The minimum atomic E-state index is -0.296. The second-order valence-electron chi connectivity index (χ2n) is 2.65. The maximum absolute atomic E-state index is 5.33. The molecule has 0 aromatic heterocycles. The van der Waals surface area contributed by atoms with Crippen LogP contribution in [0.5, 0.6) is 0 Å². The van der Waals surface area contributed by atoms with Gasteiger partial charge in [-0.15, -0.1) is 12.6 Å². The van der Waals surface area contributed by atoms with Crippen LogP contribution in [0.15, 0.2) is 0 Å². The zero-order valence-electron chi connectivity index (χ0n) is 6.98. The number of likely N-dealkylation sites (N-methyl/N-ethyl adjacent to an activating group) is 1. The Labute approximate surface area is 68.7 Å². The zero-order chi connectivity index (χ0) is 8.04. The van der Waals surface area contributed by atoms with E-state index in [0.717, 1.165) is 19.7 Å². The van der Waals surface area contributed by atoms with Crippen LogP contribution >= 0.6 is 12.6 Å². The highest BCUT2D eigenvalue weighted by Crippen LogP contribution is 2.12. The molecule has 0 radical (unpaired) electrons. The van der Waals surface area contributed by atoms with Crippen LogP contribution in [-0.2, 0) is 4.74 Å². The summed E-state index contributed by atoms with van der Waals surface area (Å²) in [6.07, 6.45) is 0. The van der Waals surface area contributed by atoms with E-state index in [9.17, 15) is 0 Å². The number of thiol groups is 1. The average Bonchev–Trinajstić information content (AvgIpc) is 1.78. The van der Waals surface area contributed by atoms with Crippen molar-refractivity contribution in [3.63, 3.8) is 0 Å². The predicted octanol–water partition coefficient (Wildman–Crippen LogP) is 1.28. The molecule has 0 aliphatic rings. The van der Waals surface area contributed by atoms with Crippen LogP contribution in [0.3, 0.4) is 0 Å². The fourth-order valence-electron chi connectivity index (χ4n) is 0.550. The van der Waals surface area contributed by atoms with E-state index in [1.807, 2.05) is 13.8 Å². The summed E-state index contributed by atoms with van der Waals surface area (Å²) in [6.45, 7) is 8.57. The van der Waals surface area contributed by atoms with Gasteiger partial charge < -0.3 is 10.1 Å². The van der Waals surface area contributed by atoms with E-state index in [-0.39, 0.29) is 4.93 Å². The summed E-state index contributed by atoms with van der Waals surface area (Å²) in [5, 5.41) is 3.16. The number of hydrogen-bond acceptors (Lipinski definition) is 3. The van der Waals surface area contributed by atoms with Gasteiger partial charge in [0.25, 0.3) is 0 Å². The van der Waals surface area contributed by atoms with Gasteiger partial charge in [0.1, 0.15) is 4.93 Å². The first-order valence-corrected chi connectivity index (χ1v) is 4.08. The number of nitrogens with one attached hydrogen (secondary N) is 1. The molecule has 0 heterocycles. The van der Waals surface area contributed by atoms with Gasteiger partial charge in [0.05, 0.1) is 6.61 Å². The molecule has 0 aliphatic heterocycles. The minimum Gasteiger partial charge on any atom is -0.364 e. The van der Waals surface area contributed by atoms with Crippen molar-refractivity contribution in [2.75, 3.05) is 19.7 Å². The molecule has 0 saturated carbocycles. The van der Waals surface area contributed by atoms with Crippen molar-refractivity contribution in [2.24, 2.45) is 0 Å². The third-order valence-corrected chi connectivity index (χ3v) is 1.11. The Kier molecular flexibility index (Phi) is 5.13. The highest BCUT2D eigenvalue weighted by Gasteiger charge is 2.09. The fourth-order valence-corrected chi connectivity index (χ4v) is 0.641. The standard InChI is InChI=1S/C7H17NOS/c1-4-8-5-6-9-7(2,3)10/h8,10H,4-6H2,1-3H3. The van der Waals surface area contributed by atoms with Gasteiger partial charge in [-0.1, -0.05) is 6.92 Å². The van der Waals surface area contributed by atoms with Crippen molar-refractivity contribution in [2.45, 2.75) is 25.7 Å². The second kappa shape index (κ2) is 4.99. The minimum absolute atomic E-state index is 0.296. The highest BCUT2D eigenvalue weighted by molar-refractivity contribution is 7.81. The summed E-state index contributed by atoms with van der Waals surface area (Å²) in [7, 11) is 0. The number of rotatable bonds is 5. The molecule has 1 N–H and O–H groups in total. The third kappa shape index (κ3) is 8.27. The summed E-state index contributed by atoms with van der Waals surface area (Å²) >= 11 is 4.21. The van der Waals surface area contributed by atoms with Crippen molar-refractivity contribution in [1.29, 1.82) is 0 Å². The normalized spacial score (nSPS) is 12.0. The Hall–Kier alpha value is 0.270. The molecule has 0 aromatic rings. The maximum Gasteiger partial charge on any atom is 0.105 e. The molecule has 3 heteroatoms. The molecule has 0 unspecified atom stereocenters. The van der Waals surface area contributed by atoms with Crippen molar-refractivity contribution in [3.05, 3.63) is 0 Å². The van der Waals surface area contributed by atoms with Crippen LogP contribution in [0.4, 0.5) is 0 Å². The zero-order valence-corrected chi connectivity index (χ0v) is 7.87. The summed E-state index contributed by atoms with van der Waals surface area (Å²) in [5.74, 6) is 0. The molecule has 0 fully saturated rings. The molecule has 0 bridgehead atoms. The van der Waals surface area contributed by atoms with E-state index in [1.54, 1.807) is 0 Å². The third-order valence-electron chi connectivity index (χ3n) is 0.984. The molecule has 10 heavy (non-hydrogen) atoms. The summed E-state index contributed by atoms with van der Waals surface area (Å²) < 4.78 is 5.33. The predicted molar refractivity (Wildman–Crippen MR) is 47.6 cm³/mol. The summed E-state index contributed by atoms with van der Waals surface area (Å²) in [6, 6.07) is 0. The van der Waals surface area contributed by atoms with Crippen molar-refractivity contribution >= 4 is 12.6 Å². The van der Waals surface area contributed by atoms with Crippen LogP contribution < -0.4 is 5.32 Å². The molecule has 0 rings (SSSR count). The van der Waals surface area contributed by atoms with Crippen LogP contribution in [0, 0.1) is 0 Å². The van der Waals surface area contributed by atoms with Gasteiger partial charge in [0.2, 0.25) is 0 Å². The smallest absolute Gasteiger partial charge is 0.105 e. The Morgan fingerprint density at radius 3 is 2.50 bits per heavy atom. The molecule has 0 saturated heterocycles. The SMILES string of the molecule is CCNCCOC(C)(C)S. The lowest BCUT2D eigenvalue weighted by atomic mass is 10.4. The highest BCUT2D eigenvalue weighted by atomic mass is 32.1. The fraction of sp³-hybridized carbons (Fsp3) is 1.00. The van der Waals surface area contributed by atoms with Crippen LogP contribution in [0.1, 0.15) is 20.8 Å². The first-order chi connectivity index (χ1) is 4.56. The molecular weight excluding hydrogens is 146 g/mol. The lowest BCUT2D eigenvalue weighted by Crippen LogP contribution is -2.24. The van der Waals surface area contributed by atoms with E-state index < -0.39 is 0 Å². The molecule has 0 aromatic carbocycles. The number of hydrogen-bond donors (Lipinski definition) is 2. The monoisotopic (exact) mass is 163 g/mol. The van der Waals surface area contributed by atoms with E-state index in [0.29, 0.717) is 0 Å². The van der Waals surface area contributed by atoms with E-state index in [2.05, 4.69) is 24.9 Å². The van der Waals surface area contributed by atoms with Crippen LogP contribution in [0.25, 0.3) is 0 Å². The van der Waals surface area contributed by atoms with Crippen LogP contribution in [0.2, 0.25) is 0 Å². The Morgan fingerprint density at radius 2 is 2.10 bits per heavy atom. The second-order valence-corrected chi connectivity index (χ2v) is 3.73. The quantitative estimate of drug-likeness (QED) is 0.362. The largest absolute Gasteiger partial charge is 0.364 e. The molecule has 0 aliphatic carbocycles. The molecule has 0 amide bonds. The lowest BCUT2D eigenvalue weighted by Gasteiger charge is -2.18. The Morgan fingerprint density at radius 1 is 1.50 bits per heavy atom. The van der Waals surface area contributed by atoms with E-state index in [1.165, 1.54) is 0 Å². The van der Waals surface area contributed by atoms with Crippen molar-refractivity contribution in [3.8, 4) is 0 Å². The first-order valence-electron chi connectivity index (χ1n) is 3.63. The molecule has 2 nitrogen and oxygen atoms in total. The summed E-state index contributed by atoms with van der Waals surface area (Å²) in [5.41, 5.74) is 0. The Balaban J connectivity index is 3.04. The van der Waals surface area contributed by atoms with Crippen molar-refractivity contribution < 1.29 is 4.74 Å². The summed E-state index contributed by atoms with van der Waals surface area (Å²) in [4.78, 5) is -0.296. The van der Waals surface area contributed by atoms with Crippen LogP contribution in [-0.4, -0.2) is 24.6 Å². The molecule has 0 spiro atoms. The molecule has 0 atom stereocenters. The van der Waals surface area contributed by atoms with E-state index in [4.69, 9.17) is 4.74 Å². The maximum atomic E-state index is 5.33. The first kappa shape index (κ1) is 10.3. The Bertz CT molecular complexity index is 80.2. The van der Waals surface area contributed by atoms with Gasteiger partial charge in [0, 0.05) is 6.54 Å². The van der Waals surface area contributed by atoms with Gasteiger partial charge in [-0.2, -0.15) is 0 Å². The van der Waals surface area contributed by atoms with Crippen molar-refractivity contribution in [1.82, 2.24) is 5.32 Å². The van der Waals surface area contributed by atoms with Gasteiger partial charge >= 0.3 is 0 Å². The van der Waals surface area contributed by atoms with Gasteiger partial charge in [-0.05, 0) is 20.4 Å². The van der Waals surface area contributed by atoms with Gasteiger partial charge in [-0.3, -0.25) is 0 Å². The van der Waals surface area contributed by atoms with Gasteiger partial charge in [0.15, 0.2) is 0 Å². The van der Waals surface area contributed by atoms with Gasteiger partial charge in [-0.25, -0.2) is 0 Å². The van der Waals surface area contributed by atoms with E-state index >= 15 is 0 Å². The molecular formula is C7H17NOS. The lowest BCUT2D eigenvalue weighted by molar-refractivity contribution is 0.0564. The molecule has 62 valence electrons. The topological polar surface area (TPSA) is 21.3 Å².